The summed E-state index contributed by atoms with van der Waals surface area (Å²) in [7, 11) is 1.36. The van der Waals surface area contributed by atoms with Gasteiger partial charge >= 0.3 is 5.97 Å². The van der Waals surface area contributed by atoms with Gasteiger partial charge in [0, 0.05) is 58.3 Å². The van der Waals surface area contributed by atoms with Crippen LogP contribution >= 0.6 is 0 Å². The molecule has 7 heteroatoms. The first kappa shape index (κ1) is 21.6. The third-order valence-corrected chi connectivity index (χ3v) is 5.73. The number of hydrogen-bond donors (Lipinski definition) is 2. The maximum absolute atomic E-state index is 13.3. The Labute approximate surface area is 186 Å². The van der Waals surface area contributed by atoms with Crippen molar-refractivity contribution in [3.8, 4) is 0 Å². The number of hydrogen-bond acceptors (Lipinski definition) is 4. The molecule has 4 rings (SSSR count). The summed E-state index contributed by atoms with van der Waals surface area (Å²) in [5.74, 6) is -0.592. The first-order valence-electron chi connectivity index (χ1n) is 10.6. The molecule has 32 heavy (non-hydrogen) atoms. The Balaban J connectivity index is 1.58. The molecule has 1 aromatic heterocycles. The highest BCUT2D eigenvalue weighted by atomic mass is 16.5. The predicted octanol–water partition coefficient (Wildman–Crippen LogP) is 4.14. The topological polar surface area (TPSA) is 91.5 Å². The molecule has 2 amide bonds. The van der Waals surface area contributed by atoms with Crippen LogP contribution in [0, 0.1) is 5.41 Å². The minimum Gasteiger partial charge on any atom is -0.465 e. The molecule has 0 aliphatic carbocycles. The third kappa shape index (κ3) is 4.10. The maximum atomic E-state index is 13.3. The van der Waals surface area contributed by atoms with Crippen LogP contribution in [0.4, 0.5) is 5.69 Å². The largest absolute Gasteiger partial charge is 0.465 e. The molecule has 0 fully saturated rings. The average Bonchev–Trinajstić information content (AvgIpc) is 3.14. The minimum absolute atomic E-state index is 0.0963. The molecule has 1 aliphatic heterocycles. The lowest BCUT2D eigenvalue weighted by Gasteiger charge is -2.27. The summed E-state index contributed by atoms with van der Waals surface area (Å²) >= 11 is 0. The van der Waals surface area contributed by atoms with Crippen LogP contribution in [-0.4, -0.2) is 41.3 Å². The minimum atomic E-state index is -0.526. The molecule has 0 saturated carbocycles. The summed E-state index contributed by atoms with van der Waals surface area (Å²) in [6.07, 6.45) is 0.698. The number of anilines is 1. The number of benzene rings is 2. The number of ether oxygens (including phenoxy) is 1. The lowest BCUT2D eigenvalue weighted by molar-refractivity contribution is -0.123. The second-order valence-electron chi connectivity index (χ2n) is 9.10. The number of fused-ring (bicyclic) bond motifs is 3. The fourth-order valence-electron chi connectivity index (χ4n) is 3.86. The number of nitrogens with zero attached hydrogens (tertiary/aromatic N) is 1. The van der Waals surface area contributed by atoms with Crippen molar-refractivity contribution >= 4 is 34.4 Å². The smallest absolute Gasteiger partial charge is 0.337 e. The summed E-state index contributed by atoms with van der Waals surface area (Å²) in [4.78, 5) is 42.7. The van der Waals surface area contributed by atoms with Crippen LogP contribution < -0.4 is 5.32 Å². The van der Waals surface area contributed by atoms with E-state index in [4.69, 9.17) is 4.74 Å². The van der Waals surface area contributed by atoms with E-state index in [0.29, 0.717) is 36.3 Å². The van der Waals surface area contributed by atoms with E-state index >= 15 is 0 Å². The Morgan fingerprint density at radius 2 is 1.84 bits per heavy atom. The van der Waals surface area contributed by atoms with E-state index in [2.05, 4.69) is 10.3 Å². The van der Waals surface area contributed by atoms with Crippen molar-refractivity contribution in [1.82, 2.24) is 9.88 Å². The number of carbonyl (C=O) groups is 3. The number of amides is 2. The van der Waals surface area contributed by atoms with Crippen LogP contribution in [0.15, 0.2) is 42.5 Å². The molecule has 0 saturated heterocycles. The van der Waals surface area contributed by atoms with Gasteiger partial charge in [0.2, 0.25) is 5.91 Å². The van der Waals surface area contributed by atoms with Crippen LogP contribution in [0.1, 0.15) is 52.7 Å². The van der Waals surface area contributed by atoms with Gasteiger partial charge in [-0.25, -0.2) is 4.79 Å². The van der Waals surface area contributed by atoms with E-state index in [-0.39, 0.29) is 17.8 Å². The molecule has 7 nitrogen and oxygen atoms in total. The van der Waals surface area contributed by atoms with Gasteiger partial charge in [0.05, 0.1) is 12.7 Å². The van der Waals surface area contributed by atoms with Crippen molar-refractivity contribution in [2.24, 2.45) is 5.41 Å². The number of esters is 1. The van der Waals surface area contributed by atoms with Crippen molar-refractivity contribution in [3.63, 3.8) is 0 Å². The van der Waals surface area contributed by atoms with Crippen LogP contribution in [-0.2, 0) is 22.5 Å². The number of methoxy groups -OCH3 is 1. The van der Waals surface area contributed by atoms with E-state index < -0.39 is 5.41 Å². The quantitative estimate of drug-likeness (QED) is 0.608. The summed E-state index contributed by atoms with van der Waals surface area (Å²) in [6.45, 7) is 6.55. The van der Waals surface area contributed by atoms with Gasteiger partial charge in [-0.2, -0.15) is 0 Å². The lowest BCUT2D eigenvalue weighted by Crippen LogP contribution is -2.35. The molecule has 3 aromatic rings. The van der Waals surface area contributed by atoms with Gasteiger partial charge in [0.1, 0.15) is 0 Å². The van der Waals surface area contributed by atoms with Crippen LogP contribution in [0.3, 0.4) is 0 Å². The SMILES string of the molecule is COC(=O)c1ccc2[nH]c3c(c2c1)CN(C(=O)c1cccc(NC(=O)C(C)(C)C)c1)CC3. The van der Waals surface area contributed by atoms with Gasteiger partial charge in [-0.05, 0) is 36.4 Å². The maximum Gasteiger partial charge on any atom is 0.337 e. The Kier molecular flexibility index (Phi) is 5.50. The molecule has 0 bridgehead atoms. The molecule has 2 N–H and O–H groups in total. The van der Waals surface area contributed by atoms with Crippen LogP contribution in [0.5, 0.6) is 0 Å². The van der Waals surface area contributed by atoms with Crippen molar-refractivity contribution in [2.75, 3.05) is 19.0 Å². The molecule has 0 atom stereocenters. The molecule has 0 unspecified atom stereocenters. The number of rotatable bonds is 3. The van der Waals surface area contributed by atoms with Gasteiger partial charge in [0.25, 0.3) is 5.91 Å². The van der Waals surface area contributed by atoms with Crippen LogP contribution in [0.25, 0.3) is 10.9 Å². The third-order valence-electron chi connectivity index (χ3n) is 5.73. The lowest BCUT2D eigenvalue weighted by atomic mass is 9.95. The van der Waals surface area contributed by atoms with Crippen LogP contribution in [0.2, 0.25) is 0 Å². The Hall–Kier alpha value is -3.61. The number of aromatic nitrogens is 1. The second-order valence-corrected chi connectivity index (χ2v) is 9.10. The normalized spacial score (nSPS) is 13.6. The molecule has 2 aromatic carbocycles. The fourth-order valence-corrected chi connectivity index (χ4v) is 3.86. The number of H-pyrrole nitrogens is 1. The first-order valence-corrected chi connectivity index (χ1v) is 10.6. The van der Waals surface area contributed by atoms with Crippen molar-refractivity contribution < 1.29 is 19.1 Å². The average molecular weight is 434 g/mol. The first-order chi connectivity index (χ1) is 15.2. The van der Waals surface area contributed by atoms with Crippen molar-refractivity contribution in [3.05, 3.63) is 64.8 Å². The van der Waals surface area contributed by atoms with Gasteiger partial charge in [-0.1, -0.05) is 26.8 Å². The molecular weight excluding hydrogens is 406 g/mol. The molecule has 0 radical (unpaired) electrons. The van der Waals surface area contributed by atoms with Gasteiger partial charge in [-0.15, -0.1) is 0 Å². The van der Waals surface area contributed by atoms with E-state index in [0.717, 1.165) is 22.2 Å². The summed E-state index contributed by atoms with van der Waals surface area (Å²) in [5, 5.41) is 3.80. The summed E-state index contributed by atoms with van der Waals surface area (Å²) < 4.78 is 4.84. The van der Waals surface area contributed by atoms with E-state index in [9.17, 15) is 14.4 Å². The Morgan fingerprint density at radius 1 is 1.06 bits per heavy atom. The fraction of sp³-hybridized carbons (Fsp3) is 0.320. The standard InChI is InChI=1S/C25H27N3O4/c1-25(2,3)24(31)26-17-7-5-6-15(12-17)22(29)28-11-10-21-19(14-28)18-13-16(23(30)32-4)8-9-20(18)27-21/h5-9,12-13,27H,10-11,14H2,1-4H3,(H,26,31). The van der Waals surface area contributed by atoms with Crippen molar-refractivity contribution in [1.29, 1.82) is 0 Å². The number of aromatic amines is 1. The molecular formula is C25H27N3O4. The zero-order valence-corrected chi connectivity index (χ0v) is 18.7. The number of nitrogens with one attached hydrogen (secondary N) is 2. The van der Waals surface area contributed by atoms with Gasteiger partial charge in [0.15, 0.2) is 0 Å². The van der Waals surface area contributed by atoms with E-state index in [1.54, 1.807) is 35.2 Å². The van der Waals surface area contributed by atoms with E-state index in [1.165, 1.54) is 7.11 Å². The zero-order chi connectivity index (χ0) is 23.0. The summed E-state index contributed by atoms with van der Waals surface area (Å²) in [5.41, 5.74) is 4.11. The molecule has 2 heterocycles. The highest BCUT2D eigenvalue weighted by molar-refractivity contribution is 5.99. The van der Waals surface area contributed by atoms with Gasteiger partial charge in [-0.3, -0.25) is 9.59 Å². The molecule has 166 valence electrons. The second kappa shape index (κ2) is 8.15. The van der Waals surface area contributed by atoms with Gasteiger partial charge < -0.3 is 19.9 Å². The predicted molar refractivity (Wildman–Crippen MR) is 123 cm³/mol. The number of carbonyl (C=O) groups excluding carboxylic acids is 3. The van der Waals surface area contributed by atoms with Crippen molar-refractivity contribution in [2.45, 2.75) is 33.7 Å². The summed E-state index contributed by atoms with van der Waals surface area (Å²) in [6, 6.07) is 12.4. The highest BCUT2D eigenvalue weighted by Crippen LogP contribution is 2.30. The Bertz CT molecular complexity index is 1220. The highest BCUT2D eigenvalue weighted by Gasteiger charge is 2.26. The van der Waals surface area contributed by atoms with E-state index in [1.807, 2.05) is 32.9 Å². The molecule has 1 aliphatic rings. The monoisotopic (exact) mass is 433 g/mol. The zero-order valence-electron chi connectivity index (χ0n) is 18.7. The Morgan fingerprint density at radius 3 is 2.56 bits per heavy atom. The molecule has 0 spiro atoms.